The van der Waals surface area contributed by atoms with E-state index in [0.717, 1.165) is 29.0 Å². The first kappa shape index (κ1) is 21.0. The van der Waals surface area contributed by atoms with Crippen LogP contribution < -0.4 is 10.1 Å². The third kappa shape index (κ3) is 3.57. The zero-order valence-corrected chi connectivity index (χ0v) is 19.5. The first-order valence-electron chi connectivity index (χ1n) is 10.3. The van der Waals surface area contributed by atoms with Crippen LogP contribution in [0.3, 0.4) is 0 Å². The molecular formula is C24H22Cl2N4O2. The van der Waals surface area contributed by atoms with E-state index in [1.807, 2.05) is 24.3 Å². The number of hydrogen-bond acceptors (Lipinski definition) is 5. The highest BCUT2D eigenvalue weighted by molar-refractivity contribution is 6.36. The number of halogens is 2. The fraction of sp³-hybridized carbons (Fsp3) is 0.292. The smallest absolute Gasteiger partial charge is 0.226 e. The summed E-state index contributed by atoms with van der Waals surface area (Å²) in [5, 5.41) is 9.16. The summed E-state index contributed by atoms with van der Waals surface area (Å²) in [6.45, 7) is 4.21. The van der Waals surface area contributed by atoms with Crippen LogP contribution >= 0.6 is 23.2 Å². The molecule has 1 aliphatic heterocycles. The van der Waals surface area contributed by atoms with Crippen LogP contribution in [-0.2, 0) is 4.79 Å². The number of benzene rings is 2. The number of fused-ring (bicyclic) bond motifs is 1. The first-order valence-corrected chi connectivity index (χ1v) is 11.1. The monoisotopic (exact) mass is 468 g/mol. The maximum Gasteiger partial charge on any atom is 0.226 e. The molecule has 0 fully saturated rings. The second-order valence-electron chi connectivity index (χ2n) is 8.97. The molecule has 5 rings (SSSR count). The number of Topliss-reactive ketones (excluding diaryl/α,β-unsaturated/α-hetero) is 1. The van der Waals surface area contributed by atoms with E-state index in [-0.39, 0.29) is 11.2 Å². The fourth-order valence-corrected chi connectivity index (χ4v) is 5.01. The van der Waals surface area contributed by atoms with Crippen molar-refractivity contribution in [1.29, 1.82) is 0 Å². The van der Waals surface area contributed by atoms with Crippen molar-refractivity contribution in [3.63, 3.8) is 0 Å². The number of allylic oxidation sites excluding steroid dienone is 2. The van der Waals surface area contributed by atoms with Gasteiger partial charge >= 0.3 is 0 Å². The van der Waals surface area contributed by atoms with Gasteiger partial charge in [-0.2, -0.15) is 4.98 Å². The molecular weight excluding hydrogens is 447 g/mol. The van der Waals surface area contributed by atoms with E-state index in [1.165, 1.54) is 0 Å². The summed E-state index contributed by atoms with van der Waals surface area (Å²) < 4.78 is 7.21. The Hall–Kier alpha value is -2.83. The second kappa shape index (κ2) is 7.64. The van der Waals surface area contributed by atoms with E-state index >= 15 is 0 Å². The lowest BCUT2D eigenvalue weighted by Crippen LogP contribution is -2.36. The number of aromatic nitrogens is 3. The Balaban J connectivity index is 1.69. The number of rotatable bonds is 3. The van der Waals surface area contributed by atoms with Gasteiger partial charge in [-0.05, 0) is 47.7 Å². The molecule has 0 amide bonds. The van der Waals surface area contributed by atoms with E-state index in [1.54, 1.807) is 30.0 Å². The van der Waals surface area contributed by atoms with E-state index in [2.05, 4.69) is 19.2 Å². The third-order valence-corrected chi connectivity index (χ3v) is 6.46. The molecule has 2 aromatic carbocycles. The average molecular weight is 469 g/mol. The molecule has 1 aliphatic carbocycles. The Bertz CT molecular complexity index is 1280. The van der Waals surface area contributed by atoms with Crippen LogP contribution in [0, 0.1) is 5.41 Å². The van der Waals surface area contributed by atoms with E-state index in [4.69, 9.17) is 38.0 Å². The van der Waals surface area contributed by atoms with Gasteiger partial charge in [0.05, 0.1) is 12.1 Å². The summed E-state index contributed by atoms with van der Waals surface area (Å²) in [5.74, 6) is 1.87. The number of nitrogens with one attached hydrogen (secondary N) is 1. The Labute approximate surface area is 196 Å². The quantitative estimate of drug-likeness (QED) is 0.516. The van der Waals surface area contributed by atoms with Gasteiger partial charge in [0.1, 0.15) is 11.8 Å². The standard InChI is InChI=1S/C24H22Cl2N4O2/c1-24(2)11-18-20(19(31)12-24)21(13-5-4-6-15(9-13)32-3)30-23(27-18)28-22(29-30)16-8-7-14(25)10-17(16)26/h4-10,21H,11-12H2,1-3H3,(H,27,28,29). The van der Waals surface area contributed by atoms with E-state index in [9.17, 15) is 4.79 Å². The van der Waals surface area contributed by atoms with Crippen LogP contribution in [0.4, 0.5) is 5.95 Å². The molecule has 1 aromatic heterocycles. The predicted molar refractivity (Wildman–Crippen MR) is 125 cm³/mol. The van der Waals surface area contributed by atoms with Gasteiger partial charge in [0.15, 0.2) is 11.6 Å². The normalized spacial score (nSPS) is 19.3. The first-order chi connectivity index (χ1) is 15.3. The molecule has 1 unspecified atom stereocenters. The van der Waals surface area contributed by atoms with Crippen LogP contribution in [-0.4, -0.2) is 27.7 Å². The minimum Gasteiger partial charge on any atom is -0.497 e. The molecule has 1 N–H and O–H groups in total. The molecule has 1 atom stereocenters. The number of carbonyl (C=O) groups excluding carboxylic acids is 1. The third-order valence-electron chi connectivity index (χ3n) is 5.91. The van der Waals surface area contributed by atoms with Crippen molar-refractivity contribution in [3.8, 4) is 17.1 Å². The Morgan fingerprint density at radius 2 is 1.97 bits per heavy atom. The van der Waals surface area contributed by atoms with Crippen molar-refractivity contribution >= 4 is 34.9 Å². The SMILES string of the molecule is COc1cccc(C2C3=C(CC(C)(C)CC3=O)Nc3nc(-c4ccc(Cl)cc4Cl)nn32)c1. The number of anilines is 1. The summed E-state index contributed by atoms with van der Waals surface area (Å²) >= 11 is 12.5. The van der Waals surface area contributed by atoms with Crippen molar-refractivity contribution in [3.05, 3.63) is 69.3 Å². The maximum absolute atomic E-state index is 13.3. The second-order valence-corrected chi connectivity index (χ2v) is 9.81. The molecule has 0 bridgehead atoms. The highest BCUT2D eigenvalue weighted by Crippen LogP contribution is 2.46. The topological polar surface area (TPSA) is 69.0 Å². The summed E-state index contributed by atoms with van der Waals surface area (Å²) in [7, 11) is 1.63. The van der Waals surface area contributed by atoms with Crippen LogP contribution in [0.2, 0.25) is 10.0 Å². The lowest BCUT2D eigenvalue weighted by molar-refractivity contribution is -0.118. The van der Waals surface area contributed by atoms with Crippen LogP contribution in [0.15, 0.2) is 53.7 Å². The minimum absolute atomic E-state index is 0.115. The molecule has 164 valence electrons. The Morgan fingerprint density at radius 3 is 2.72 bits per heavy atom. The van der Waals surface area contributed by atoms with Gasteiger partial charge in [0.25, 0.3) is 0 Å². The summed E-state index contributed by atoms with van der Waals surface area (Å²) in [5.41, 5.74) is 3.07. The number of hydrogen-bond donors (Lipinski definition) is 1. The van der Waals surface area contributed by atoms with Gasteiger partial charge in [-0.15, -0.1) is 5.10 Å². The average Bonchev–Trinajstić information content (AvgIpc) is 3.14. The molecule has 0 saturated heterocycles. The molecule has 0 spiro atoms. The number of ether oxygens (including phenoxy) is 1. The molecule has 0 radical (unpaired) electrons. The molecule has 32 heavy (non-hydrogen) atoms. The van der Waals surface area contributed by atoms with Gasteiger partial charge in [0.2, 0.25) is 5.95 Å². The maximum atomic E-state index is 13.3. The van der Waals surface area contributed by atoms with Crippen molar-refractivity contribution in [2.45, 2.75) is 32.7 Å². The van der Waals surface area contributed by atoms with Crippen molar-refractivity contribution in [1.82, 2.24) is 14.8 Å². The lowest BCUT2D eigenvalue weighted by Gasteiger charge is -2.38. The van der Waals surface area contributed by atoms with Crippen LogP contribution in [0.1, 0.15) is 38.3 Å². The predicted octanol–water partition coefficient (Wildman–Crippen LogP) is 5.92. The Morgan fingerprint density at radius 1 is 1.16 bits per heavy atom. The van der Waals surface area contributed by atoms with E-state index in [0.29, 0.717) is 33.8 Å². The summed E-state index contributed by atoms with van der Waals surface area (Å²) in [6.07, 6.45) is 1.23. The fourth-order valence-electron chi connectivity index (χ4n) is 4.51. The summed E-state index contributed by atoms with van der Waals surface area (Å²) in [4.78, 5) is 18.1. The zero-order valence-electron chi connectivity index (χ0n) is 17.9. The highest BCUT2D eigenvalue weighted by Gasteiger charge is 2.42. The van der Waals surface area contributed by atoms with Gasteiger partial charge in [-0.25, -0.2) is 4.68 Å². The van der Waals surface area contributed by atoms with Crippen LogP contribution in [0.25, 0.3) is 11.4 Å². The zero-order chi connectivity index (χ0) is 22.6. The van der Waals surface area contributed by atoms with E-state index < -0.39 is 6.04 Å². The number of carbonyl (C=O) groups is 1. The van der Waals surface area contributed by atoms with Gasteiger partial charge in [-0.3, -0.25) is 4.79 Å². The number of nitrogens with zero attached hydrogens (tertiary/aromatic N) is 3. The van der Waals surface area contributed by atoms with Crippen molar-refractivity contribution < 1.29 is 9.53 Å². The number of ketones is 1. The highest BCUT2D eigenvalue weighted by atomic mass is 35.5. The van der Waals surface area contributed by atoms with Gasteiger partial charge in [-0.1, -0.05) is 49.2 Å². The molecule has 6 nitrogen and oxygen atoms in total. The van der Waals surface area contributed by atoms with Crippen molar-refractivity contribution in [2.75, 3.05) is 12.4 Å². The minimum atomic E-state index is -0.410. The lowest BCUT2D eigenvalue weighted by atomic mass is 9.73. The molecule has 2 heterocycles. The number of methoxy groups -OCH3 is 1. The molecule has 0 saturated carbocycles. The van der Waals surface area contributed by atoms with Gasteiger partial charge < -0.3 is 10.1 Å². The van der Waals surface area contributed by atoms with Crippen molar-refractivity contribution in [2.24, 2.45) is 5.41 Å². The van der Waals surface area contributed by atoms with Gasteiger partial charge in [0, 0.05) is 28.3 Å². The molecule has 3 aromatic rings. The van der Waals surface area contributed by atoms with Crippen LogP contribution in [0.5, 0.6) is 5.75 Å². The largest absolute Gasteiger partial charge is 0.497 e. The molecule has 8 heteroatoms. The Kier molecular flexibility index (Phi) is 5.02. The summed E-state index contributed by atoms with van der Waals surface area (Å²) in [6, 6.07) is 12.5. The molecule has 2 aliphatic rings.